The Balaban J connectivity index is 1.92. The highest BCUT2D eigenvalue weighted by Crippen LogP contribution is 2.30. The molecule has 7 nitrogen and oxygen atoms in total. The number of thiol groups is 1. The molecule has 0 radical (unpaired) electrons. The van der Waals surface area contributed by atoms with Crippen molar-refractivity contribution in [2.45, 2.75) is 49.8 Å². The Kier molecular flexibility index (Phi) is 8.78. The Morgan fingerprint density at radius 1 is 1.15 bits per heavy atom. The molecule has 1 aliphatic heterocycles. The molecule has 0 aliphatic carbocycles. The molecule has 1 unspecified atom stereocenters. The molecular formula is C24H34N2O5S2. The zero-order valence-electron chi connectivity index (χ0n) is 19.5. The van der Waals surface area contributed by atoms with Gasteiger partial charge in [0.2, 0.25) is 0 Å². The highest BCUT2D eigenvalue weighted by Gasteiger charge is 2.27. The number of anilines is 1. The van der Waals surface area contributed by atoms with Crippen LogP contribution in [0.5, 0.6) is 5.75 Å². The topological polar surface area (TPSA) is 96.8 Å². The lowest BCUT2D eigenvalue weighted by molar-refractivity contribution is 0.0493. The summed E-state index contributed by atoms with van der Waals surface area (Å²) < 4.78 is 59.9. The van der Waals surface area contributed by atoms with Crippen LogP contribution in [-0.4, -0.2) is 39.0 Å². The summed E-state index contributed by atoms with van der Waals surface area (Å²) in [5, 5.41) is 0. The van der Waals surface area contributed by atoms with E-state index in [0.717, 1.165) is 24.8 Å². The van der Waals surface area contributed by atoms with Gasteiger partial charge in [0.15, 0.2) is 0 Å². The third kappa shape index (κ3) is 6.49. The molecule has 1 aliphatic rings. The maximum Gasteiger partial charge on any atom is 0.264 e. The minimum Gasteiger partial charge on any atom is -0.492 e. The van der Waals surface area contributed by atoms with Gasteiger partial charge in [-0.05, 0) is 67.0 Å². The predicted molar refractivity (Wildman–Crippen MR) is 131 cm³/mol. The van der Waals surface area contributed by atoms with Crippen molar-refractivity contribution in [2.24, 2.45) is 11.8 Å². The summed E-state index contributed by atoms with van der Waals surface area (Å²) in [6.45, 7) is 8.08. The molecule has 9 heteroatoms. The summed E-state index contributed by atoms with van der Waals surface area (Å²) in [7, 11) is -6.47. The molecule has 1 fully saturated rings. The first-order valence-corrected chi connectivity index (χ1v) is 14.1. The molecule has 2 aromatic rings. The van der Waals surface area contributed by atoms with Crippen LogP contribution in [0.4, 0.5) is 5.69 Å². The monoisotopic (exact) mass is 494 g/mol. The summed E-state index contributed by atoms with van der Waals surface area (Å²) in [6.07, 6.45) is 2.64. The molecule has 1 N–H and O–H groups in total. The van der Waals surface area contributed by atoms with E-state index in [0.29, 0.717) is 43.7 Å². The number of nitrogens with one attached hydrogen (secondary N) is 1. The third-order valence-corrected chi connectivity index (χ3v) is 8.29. The first-order chi connectivity index (χ1) is 15.7. The largest absolute Gasteiger partial charge is 0.492 e. The molecule has 0 amide bonds. The van der Waals surface area contributed by atoms with Gasteiger partial charge in [-0.3, -0.25) is 9.08 Å². The van der Waals surface area contributed by atoms with Crippen LogP contribution in [0.2, 0.25) is 0 Å². The molecule has 1 atom stereocenters. The van der Waals surface area contributed by atoms with E-state index in [4.69, 9.17) is 14.3 Å². The van der Waals surface area contributed by atoms with E-state index in [1.807, 2.05) is 45.0 Å². The van der Waals surface area contributed by atoms with Crippen LogP contribution in [-0.2, 0) is 31.8 Å². The fourth-order valence-corrected chi connectivity index (χ4v) is 6.10. The lowest BCUT2D eigenvalue weighted by Gasteiger charge is -2.27. The van der Waals surface area contributed by atoms with Crippen LogP contribution in [0.25, 0.3) is 0 Å². The van der Waals surface area contributed by atoms with Crippen LogP contribution < -0.4 is 9.04 Å². The molecule has 1 saturated heterocycles. The van der Waals surface area contributed by atoms with Crippen LogP contribution in [0.3, 0.4) is 0 Å². The van der Waals surface area contributed by atoms with E-state index in [9.17, 15) is 12.6 Å². The lowest BCUT2D eigenvalue weighted by atomic mass is 10.0. The van der Waals surface area contributed by atoms with Crippen molar-refractivity contribution >= 4 is 26.3 Å². The SMILES string of the molecule is CCc1ccc(N(CC(C)C)S(=O)(=O)c2ccc(OCC3CCOCC3)c([SH](=N)=O)c2)cc1. The summed E-state index contributed by atoms with van der Waals surface area (Å²) in [6, 6.07) is 11.8. The zero-order valence-corrected chi connectivity index (χ0v) is 21.2. The molecule has 0 aromatic heterocycles. The van der Waals surface area contributed by atoms with Crippen molar-refractivity contribution in [3.63, 3.8) is 0 Å². The number of aryl methyl sites for hydroxylation is 1. The van der Waals surface area contributed by atoms with Crippen molar-refractivity contribution in [3.05, 3.63) is 48.0 Å². The van der Waals surface area contributed by atoms with Crippen LogP contribution in [0.1, 0.15) is 39.2 Å². The van der Waals surface area contributed by atoms with Crippen molar-refractivity contribution in [1.29, 1.82) is 4.78 Å². The maximum atomic E-state index is 13.6. The van der Waals surface area contributed by atoms with E-state index in [1.165, 1.54) is 22.5 Å². The van der Waals surface area contributed by atoms with Gasteiger partial charge in [-0.1, -0.05) is 32.9 Å². The lowest BCUT2D eigenvalue weighted by Crippen LogP contribution is -2.34. The molecule has 3 rings (SSSR count). The zero-order chi connectivity index (χ0) is 24.0. The van der Waals surface area contributed by atoms with Crippen molar-refractivity contribution in [1.82, 2.24) is 0 Å². The summed E-state index contributed by atoms with van der Waals surface area (Å²) in [4.78, 5) is 0.107. The van der Waals surface area contributed by atoms with Crippen LogP contribution in [0, 0.1) is 16.6 Å². The van der Waals surface area contributed by atoms with Gasteiger partial charge in [-0.25, -0.2) is 12.6 Å². The molecule has 2 aromatic carbocycles. The molecule has 0 bridgehead atoms. The highest BCUT2D eigenvalue weighted by molar-refractivity contribution is 7.92. The summed E-state index contributed by atoms with van der Waals surface area (Å²) in [5.74, 6) is 0.727. The number of benzene rings is 2. The third-order valence-electron chi connectivity index (χ3n) is 5.72. The number of hydrogen-bond acceptors (Lipinski definition) is 6. The van der Waals surface area contributed by atoms with E-state index in [2.05, 4.69) is 0 Å². The molecule has 0 saturated carbocycles. The number of ether oxygens (including phenoxy) is 2. The first kappa shape index (κ1) is 25.5. The number of hydrogen-bond donors (Lipinski definition) is 2. The highest BCUT2D eigenvalue weighted by atomic mass is 32.2. The second-order valence-electron chi connectivity index (χ2n) is 8.74. The second kappa shape index (κ2) is 11.4. The van der Waals surface area contributed by atoms with Gasteiger partial charge in [0.25, 0.3) is 10.0 Å². The quantitative estimate of drug-likeness (QED) is 0.474. The Morgan fingerprint density at radius 3 is 2.39 bits per heavy atom. The maximum absolute atomic E-state index is 13.6. The van der Waals surface area contributed by atoms with E-state index < -0.39 is 20.6 Å². The Labute approximate surface area is 199 Å². The molecule has 182 valence electrons. The first-order valence-electron chi connectivity index (χ1n) is 11.4. The van der Waals surface area contributed by atoms with Crippen molar-refractivity contribution in [3.8, 4) is 5.75 Å². The van der Waals surface area contributed by atoms with Gasteiger partial charge in [0.1, 0.15) is 5.75 Å². The van der Waals surface area contributed by atoms with Crippen molar-refractivity contribution in [2.75, 3.05) is 30.7 Å². The number of nitrogens with zero attached hydrogens (tertiary/aromatic N) is 1. The summed E-state index contributed by atoms with van der Waals surface area (Å²) in [5.41, 5.74) is 1.71. The molecule has 1 heterocycles. The molecule has 0 spiro atoms. The fourth-order valence-electron chi connectivity index (χ4n) is 3.76. The van der Waals surface area contributed by atoms with E-state index >= 15 is 0 Å². The summed E-state index contributed by atoms with van der Waals surface area (Å²) >= 11 is 0. The van der Waals surface area contributed by atoms with Crippen LogP contribution >= 0.6 is 0 Å². The second-order valence-corrected chi connectivity index (χ2v) is 11.7. The minimum absolute atomic E-state index is 0.00624. The average Bonchev–Trinajstić information content (AvgIpc) is 2.81. The Morgan fingerprint density at radius 2 is 1.82 bits per heavy atom. The number of rotatable bonds is 10. The van der Waals surface area contributed by atoms with Gasteiger partial charge in [0, 0.05) is 19.8 Å². The van der Waals surface area contributed by atoms with E-state index in [-0.39, 0.29) is 15.7 Å². The predicted octanol–water partition coefficient (Wildman–Crippen LogP) is 4.51. The van der Waals surface area contributed by atoms with Crippen molar-refractivity contribution < 1.29 is 22.1 Å². The smallest absolute Gasteiger partial charge is 0.264 e. The molecule has 33 heavy (non-hydrogen) atoms. The number of sulfonamides is 1. The van der Waals surface area contributed by atoms with Gasteiger partial charge >= 0.3 is 0 Å². The van der Waals surface area contributed by atoms with Crippen LogP contribution in [0.15, 0.2) is 52.3 Å². The van der Waals surface area contributed by atoms with Gasteiger partial charge in [-0.2, -0.15) is 0 Å². The Hall–Kier alpha value is -2.10. The Bertz CT molecular complexity index is 1100. The fraction of sp³-hybridized carbons (Fsp3) is 0.500. The standard InChI is InChI=1S/C24H34N2O5S2/c1-4-19-5-7-21(8-6-19)26(16-18(2)3)33(28,29)22-9-10-23(24(15-22)32(25)27)31-17-20-11-13-30-14-12-20/h5-10,15,18,20,25,32H,4,11-14,16-17H2,1-3H3. The van der Waals surface area contributed by atoms with Gasteiger partial charge in [0.05, 0.1) is 32.7 Å². The van der Waals surface area contributed by atoms with Gasteiger partial charge in [-0.15, -0.1) is 0 Å². The van der Waals surface area contributed by atoms with Gasteiger partial charge < -0.3 is 9.47 Å². The minimum atomic E-state index is -3.93. The average molecular weight is 495 g/mol. The normalized spacial score (nSPS) is 16.0. The molecular weight excluding hydrogens is 460 g/mol. The van der Waals surface area contributed by atoms with E-state index in [1.54, 1.807) is 0 Å².